The number of rotatable bonds is 5. The second-order valence-corrected chi connectivity index (χ2v) is 7.76. The van der Waals surface area contributed by atoms with Crippen LogP contribution in [0.25, 0.3) is 11.0 Å². The normalized spacial score (nSPS) is 15.8. The Balaban J connectivity index is 1.39. The monoisotopic (exact) mass is 445 g/mol. The fourth-order valence-electron chi connectivity index (χ4n) is 3.97. The molecule has 1 aliphatic heterocycles. The molecule has 0 N–H and O–H groups in total. The molecule has 4 rings (SSSR count). The van der Waals surface area contributed by atoms with Crippen LogP contribution in [0.15, 0.2) is 48.5 Å². The van der Waals surface area contributed by atoms with Crippen LogP contribution in [-0.2, 0) is 9.53 Å². The van der Waals surface area contributed by atoms with E-state index in [1.54, 1.807) is 29.2 Å². The first-order chi connectivity index (χ1) is 15.3. The molecule has 1 unspecified atom stereocenters. The van der Waals surface area contributed by atoms with Gasteiger partial charge in [0.25, 0.3) is 5.91 Å². The van der Waals surface area contributed by atoms with Gasteiger partial charge < -0.3 is 9.64 Å². The van der Waals surface area contributed by atoms with Gasteiger partial charge in [-0.2, -0.15) is 8.78 Å². The molecule has 1 atom stereocenters. The van der Waals surface area contributed by atoms with Crippen LogP contribution in [0.3, 0.4) is 0 Å². The number of ether oxygens (including phenoxy) is 1. The number of imidazole rings is 1. The Labute approximate surface area is 182 Å². The highest BCUT2D eigenvalue weighted by atomic mass is 19.3. The molecule has 0 spiro atoms. The van der Waals surface area contributed by atoms with E-state index in [1.807, 2.05) is 0 Å². The lowest BCUT2D eigenvalue weighted by Gasteiger charge is -2.31. The molecule has 168 valence electrons. The minimum Gasteiger partial charge on any atom is -0.454 e. The van der Waals surface area contributed by atoms with Crippen LogP contribution in [0, 0.1) is 11.7 Å². The van der Waals surface area contributed by atoms with Gasteiger partial charge in [0.1, 0.15) is 5.82 Å². The third kappa shape index (κ3) is 4.32. The van der Waals surface area contributed by atoms with E-state index in [0.717, 1.165) is 4.57 Å². The Bertz CT molecular complexity index is 1120. The van der Waals surface area contributed by atoms with Crippen LogP contribution in [-0.4, -0.2) is 39.4 Å². The SMILES string of the molecule is CC(OC(=O)C1CCN(C(=O)c2ccc(F)cc2)CC1)c1nc2ccccc2n1C(F)F. The maximum atomic E-state index is 13.6. The van der Waals surface area contributed by atoms with Crippen LogP contribution in [0.1, 0.15) is 48.6 Å². The zero-order valence-electron chi connectivity index (χ0n) is 17.4. The van der Waals surface area contributed by atoms with Gasteiger partial charge in [0.2, 0.25) is 0 Å². The summed E-state index contributed by atoms with van der Waals surface area (Å²) in [4.78, 5) is 31.1. The summed E-state index contributed by atoms with van der Waals surface area (Å²) >= 11 is 0. The van der Waals surface area contributed by atoms with Crippen molar-refractivity contribution >= 4 is 22.9 Å². The number of benzene rings is 2. The number of esters is 1. The number of aromatic nitrogens is 2. The molecule has 0 saturated carbocycles. The van der Waals surface area contributed by atoms with Crippen molar-refractivity contribution in [2.75, 3.05) is 13.1 Å². The van der Waals surface area contributed by atoms with E-state index in [9.17, 15) is 22.8 Å². The van der Waals surface area contributed by atoms with Crippen molar-refractivity contribution in [1.29, 1.82) is 0 Å². The topological polar surface area (TPSA) is 64.4 Å². The number of carbonyl (C=O) groups is 2. The molecule has 3 aromatic rings. The molecular weight excluding hydrogens is 423 g/mol. The molecule has 32 heavy (non-hydrogen) atoms. The third-order valence-electron chi connectivity index (χ3n) is 5.68. The van der Waals surface area contributed by atoms with E-state index in [-0.39, 0.29) is 17.2 Å². The summed E-state index contributed by atoms with van der Waals surface area (Å²) in [5.74, 6) is -1.61. The van der Waals surface area contributed by atoms with Gasteiger partial charge in [0.05, 0.1) is 17.0 Å². The van der Waals surface area contributed by atoms with Crippen LogP contribution >= 0.6 is 0 Å². The third-order valence-corrected chi connectivity index (χ3v) is 5.68. The molecule has 1 aromatic heterocycles. The Kier molecular flexibility index (Phi) is 6.16. The Morgan fingerprint density at radius 1 is 1.06 bits per heavy atom. The average Bonchev–Trinajstić information content (AvgIpc) is 3.19. The highest BCUT2D eigenvalue weighted by Gasteiger charge is 2.31. The van der Waals surface area contributed by atoms with E-state index >= 15 is 0 Å². The first-order valence-electron chi connectivity index (χ1n) is 10.4. The van der Waals surface area contributed by atoms with Crippen LogP contribution in [0.5, 0.6) is 0 Å². The lowest BCUT2D eigenvalue weighted by Crippen LogP contribution is -2.40. The number of amides is 1. The fraction of sp³-hybridized carbons (Fsp3) is 0.348. The molecular formula is C23H22F3N3O3. The predicted octanol–water partition coefficient (Wildman–Crippen LogP) is 4.73. The van der Waals surface area contributed by atoms with E-state index in [4.69, 9.17) is 4.74 Å². The Hall–Kier alpha value is -3.36. The lowest BCUT2D eigenvalue weighted by molar-refractivity contribution is -0.155. The van der Waals surface area contributed by atoms with Crippen molar-refractivity contribution in [3.8, 4) is 0 Å². The Morgan fingerprint density at radius 2 is 1.72 bits per heavy atom. The van der Waals surface area contributed by atoms with Crippen LogP contribution < -0.4 is 0 Å². The molecule has 1 amide bonds. The molecule has 0 radical (unpaired) electrons. The van der Waals surface area contributed by atoms with E-state index in [2.05, 4.69) is 4.98 Å². The average molecular weight is 445 g/mol. The molecule has 9 heteroatoms. The maximum absolute atomic E-state index is 13.6. The molecule has 2 heterocycles. The summed E-state index contributed by atoms with van der Waals surface area (Å²) in [6, 6.07) is 11.8. The lowest BCUT2D eigenvalue weighted by atomic mass is 9.96. The van der Waals surface area contributed by atoms with Crippen molar-refractivity contribution < 1.29 is 27.5 Å². The molecule has 2 aromatic carbocycles. The zero-order chi connectivity index (χ0) is 22.8. The number of hydrogen-bond acceptors (Lipinski definition) is 4. The van der Waals surface area contributed by atoms with Gasteiger partial charge in [0.15, 0.2) is 11.9 Å². The van der Waals surface area contributed by atoms with E-state index in [1.165, 1.54) is 31.2 Å². The minimum atomic E-state index is -2.82. The van der Waals surface area contributed by atoms with Crippen LogP contribution in [0.4, 0.5) is 13.2 Å². The van der Waals surface area contributed by atoms with Gasteiger partial charge in [-0.15, -0.1) is 0 Å². The molecule has 0 aliphatic carbocycles. The number of likely N-dealkylation sites (tertiary alicyclic amines) is 1. The van der Waals surface area contributed by atoms with Gasteiger partial charge in [-0.05, 0) is 56.2 Å². The highest BCUT2D eigenvalue weighted by molar-refractivity contribution is 5.94. The smallest absolute Gasteiger partial charge is 0.320 e. The number of piperidine rings is 1. The summed E-state index contributed by atoms with van der Waals surface area (Å²) in [5, 5.41) is 0. The van der Waals surface area contributed by atoms with Gasteiger partial charge in [-0.3, -0.25) is 14.2 Å². The standard InChI is InChI=1S/C23H22F3N3O3/c1-14(20-27-18-4-2-3-5-19(18)29(20)23(25)26)32-22(31)16-10-12-28(13-11-16)21(30)15-6-8-17(24)9-7-15/h2-9,14,16,23H,10-13H2,1H3. The number of nitrogens with zero attached hydrogens (tertiary/aromatic N) is 3. The Morgan fingerprint density at radius 3 is 2.38 bits per heavy atom. The number of para-hydroxylation sites is 2. The number of halogens is 3. The first kappa shape index (κ1) is 21.9. The van der Waals surface area contributed by atoms with Crippen molar-refractivity contribution in [3.05, 3.63) is 65.7 Å². The predicted molar refractivity (Wildman–Crippen MR) is 111 cm³/mol. The number of carbonyl (C=O) groups excluding carboxylic acids is 2. The van der Waals surface area contributed by atoms with Crippen molar-refractivity contribution in [3.63, 3.8) is 0 Å². The largest absolute Gasteiger partial charge is 0.454 e. The quantitative estimate of drug-likeness (QED) is 0.533. The molecule has 0 bridgehead atoms. The van der Waals surface area contributed by atoms with Crippen molar-refractivity contribution in [2.45, 2.75) is 32.4 Å². The van der Waals surface area contributed by atoms with Gasteiger partial charge >= 0.3 is 12.5 Å². The second-order valence-electron chi connectivity index (χ2n) is 7.76. The van der Waals surface area contributed by atoms with Crippen molar-refractivity contribution in [1.82, 2.24) is 14.5 Å². The molecule has 1 saturated heterocycles. The van der Waals surface area contributed by atoms with Gasteiger partial charge in [-0.1, -0.05) is 12.1 Å². The number of fused-ring (bicyclic) bond motifs is 1. The number of alkyl halides is 2. The summed E-state index contributed by atoms with van der Waals surface area (Å²) in [6.45, 7) is -0.607. The number of hydrogen-bond donors (Lipinski definition) is 0. The molecule has 1 fully saturated rings. The molecule has 6 nitrogen and oxygen atoms in total. The summed E-state index contributed by atoms with van der Waals surface area (Å²) < 4.78 is 46.6. The zero-order valence-corrected chi connectivity index (χ0v) is 17.4. The molecule has 1 aliphatic rings. The minimum absolute atomic E-state index is 0.0153. The highest BCUT2D eigenvalue weighted by Crippen LogP contribution is 2.30. The van der Waals surface area contributed by atoms with E-state index < -0.39 is 30.4 Å². The van der Waals surface area contributed by atoms with Gasteiger partial charge in [0, 0.05) is 18.7 Å². The second kappa shape index (κ2) is 9.02. The fourth-order valence-corrected chi connectivity index (χ4v) is 3.97. The van der Waals surface area contributed by atoms with E-state index in [0.29, 0.717) is 37.0 Å². The summed E-state index contributed by atoms with van der Waals surface area (Å²) in [7, 11) is 0. The summed E-state index contributed by atoms with van der Waals surface area (Å²) in [6.07, 6.45) is -0.171. The maximum Gasteiger partial charge on any atom is 0.320 e. The first-order valence-corrected chi connectivity index (χ1v) is 10.4. The summed E-state index contributed by atoms with van der Waals surface area (Å²) in [5.41, 5.74) is 1.05. The van der Waals surface area contributed by atoms with Gasteiger partial charge in [-0.25, -0.2) is 9.37 Å². The van der Waals surface area contributed by atoms with Crippen LogP contribution in [0.2, 0.25) is 0 Å². The van der Waals surface area contributed by atoms with Crippen molar-refractivity contribution in [2.24, 2.45) is 5.92 Å².